The van der Waals surface area contributed by atoms with Gasteiger partial charge in [-0.15, -0.1) is 0 Å². The number of ether oxygens (including phenoxy) is 1. The summed E-state index contributed by atoms with van der Waals surface area (Å²) in [5, 5.41) is 0. The summed E-state index contributed by atoms with van der Waals surface area (Å²) >= 11 is 0. The van der Waals surface area contributed by atoms with Gasteiger partial charge in [0.15, 0.2) is 0 Å². The van der Waals surface area contributed by atoms with Gasteiger partial charge in [0.2, 0.25) is 0 Å². The van der Waals surface area contributed by atoms with Crippen molar-refractivity contribution in [1.82, 2.24) is 0 Å². The second kappa shape index (κ2) is 5.28. The highest BCUT2D eigenvalue weighted by Crippen LogP contribution is 2.36. The van der Waals surface area contributed by atoms with E-state index in [1.54, 1.807) is 7.11 Å². The van der Waals surface area contributed by atoms with E-state index >= 15 is 0 Å². The maximum absolute atomic E-state index is 11.1. The van der Waals surface area contributed by atoms with Gasteiger partial charge >= 0.3 is 0 Å². The van der Waals surface area contributed by atoms with Crippen molar-refractivity contribution >= 4 is 10.1 Å². The molecule has 4 nitrogen and oxygen atoms in total. The molecule has 0 heterocycles. The Hall–Kier alpha value is -1.07. The summed E-state index contributed by atoms with van der Waals surface area (Å²) in [6, 6.07) is 5.92. The van der Waals surface area contributed by atoms with Crippen molar-refractivity contribution < 1.29 is 17.3 Å². The molecular formula is C13H18O4S. The van der Waals surface area contributed by atoms with Crippen LogP contribution in [0.1, 0.15) is 29.9 Å². The fourth-order valence-electron chi connectivity index (χ4n) is 2.48. The Morgan fingerprint density at radius 1 is 1.39 bits per heavy atom. The van der Waals surface area contributed by atoms with Gasteiger partial charge in [0.05, 0.1) is 20.0 Å². The Kier molecular flexibility index (Phi) is 3.92. The first-order valence-electron chi connectivity index (χ1n) is 6.01. The predicted octanol–water partition coefficient (Wildman–Crippen LogP) is 2.09. The summed E-state index contributed by atoms with van der Waals surface area (Å²) in [7, 11) is -1.71. The number of hydrogen-bond acceptors (Lipinski definition) is 4. The third-order valence-corrected chi connectivity index (χ3v) is 3.86. The molecular weight excluding hydrogens is 252 g/mol. The molecule has 0 N–H and O–H groups in total. The van der Waals surface area contributed by atoms with Gasteiger partial charge in [0, 0.05) is 5.92 Å². The van der Waals surface area contributed by atoms with Gasteiger partial charge < -0.3 is 4.74 Å². The van der Waals surface area contributed by atoms with E-state index in [1.807, 2.05) is 18.2 Å². The van der Waals surface area contributed by atoms with Gasteiger partial charge in [-0.1, -0.05) is 12.1 Å². The number of hydrogen-bond donors (Lipinski definition) is 0. The number of methoxy groups -OCH3 is 1. The van der Waals surface area contributed by atoms with Gasteiger partial charge in [0.25, 0.3) is 10.1 Å². The maximum Gasteiger partial charge on any atom is 0.264 e. The minimum absolute atomic E-state index is 0.138. The van der Waals surface area contributed by atoms with Crippen LogP contribution in [0.25, 0.3) is 0 Å². The van der Waals surface area contributed by atoms with Gasteiger partial charge in [-0.2, -0.15) is 8.42 Å². The second-order valence-corrected chi connectivity index (χ2v) is 6.25. The zero-order chi connectivity index (χ0) is 13.2. The highest BCUT2D eigenvalue weighted by molar-refractivity contribution is 7.85. The van der Waals surface area contributed by atoms with E-state index in [-0.39, 0.29) is 12.5 Å². The molecule has 1 aromatic rings. The average Bonchev–Trinajstić information content (AvgIpc) is 2.34. The highest BCUT2D eigenvalue weighted by atomic mass is 32.2. The van der Waals surface area contributed by atoms with E-state index in [0.29, 0.717) is 0 Å². The van der Waals surface area contributed by atoms with E-state index in [2.05, 4.69) is 0 Å². The molecule has 1 unspecified atom stereocenters. The first-order chi connectivity index (χ1) is 8.51. The zero-order valence-corrected chi connectivity index (χ0v) is 11.5. The van der Waals surface area contributed by atoms with E-state index < -0.39 is 10.1 Å². The molecule has 0 radical (unpaired) electrons. The van der Waals surface area contributed by atoms with Crippen molar-refractivity contribution in [3.63, 3.8) is 0 Å². The van der Waals surface area contributed by atoms with Crippen molar-refractivity contribution in [2.75, 3.05) is 20.0 Å². The predicted molar refractivity (Wildman–Crippen MR) is 69.5 cm³/mol. The maximum atomic E-state index is 11.1. The fraction of sp³-hybridized carbons (Fsp3) is 0.538. The molecule has 0 bridgehead atoms. The fourth-order valence-corrected chi connectivity index (χ4v) is 2.89. The number of benzene rings is 1. The molecule has 1 aliphatic carbocycles. The Labute approximate surface area is 108 Å². The Balaban J connectivity index is 2.23. The Morgan fingerprint density at radius 3 is 2.83 bits per heavy atom. The molecule has 100 valence electrons. The summed E-state index contributed by atoms with van der Waals surface area (Å²) in [5.74, 6) is 1.02. The van der Waals surface area contributed by atoms with Crippen molar-refractivity contribution in [2.24, 2.45) is 0 Å². The summed E-state index contributed by atoms with van der Waals surface area (Å²) in [6.45, 7) is 0.221. The summed E-state index contributed by atoms with van der Waals surface area (Å²) in [4.78, 5) is 0. The minimum atomic E-state index is -3.37. The monoisotopic (exact) mass is 270 g/mol. The van der Waals surface area contributed by atoms with Crippen LogP contribution in [0.4, 0.5) is 0 Å². The Morgan fingerprint density at radius 2 is 2.17 bits per heavy atom. The molecule has 0 fully saturated rings. The SMILES string of the molecule is COc1cccc2c1CCCC2COS(C)(=O)=O. The van der Waals surface area contributed by atoms with Crippen LogP contribution >= 0.6 is 0 Å². The standard InChI is InChI=1S/C13H18O4S/c1-16-13-8-4-6-11-10(5-3-7-12(11)13)9-17-18(2,14)15/h4,6,8,10H,3,5,7,9H2,1-2H3. The second-order valence-electron chi connectivity index (χ2n) is 4.61. The lowest BCUT2D eigenvalue weighted by atomic mass is 9.83. The summed E-state index contributed by atoms with van der Waals surface area (Å²) in [5.41, 5.74) is 2.35. The normalized spacial score (nSPS) is 19.3. The van der Waals surface area contributed by atoms with E-state index in [9.17, 15) is 8.42 Å². The van der Waals surface area contributed by atoms with Crippen molar-refractivity contribution in [2.45, 2.75) is 25.2 Å². The van der Waals surface area contributed by atoms with Crippen LogP contribution in [0, 0.1) is 0 Å². The minimum Gasteiger partial charge on any atom is -0.496 e. The van der Waals surface area contributed by atoms with Crippen LogP contribution < -0.4 is 4.74 Å². The third kappa shape index (κ3) is 3.03. The van der Waals surface area contributed by atoms with Crippen molar-refractivity contribution in [3.05, 3.63) is 29.3 Å². The lowest BCUT2D eigenvalue weighted by Crippen LogP contribution is -2.17. The van der Waals surface area contributed by atoms with Crippen molar-refractivity contribution in [3.8, 4) is 5.75 Å². The molecule has 0 spiro atoms. The molecule has 1 aromatic carbocycles. The van der Waals surface area contributed by atoms with E-state index in [1.165, 1.54) is 5.56 Å². The van der Waals surface area contributed by atoms with Gasteiger partial charge in [0.1, 0.15) is 5.75 Å². The zero-order valence-electron chi connectivity index (χ0n) is 10.7. The largest absolute Gasteiger partial charge is 0.496 e. The topological polar surface area (TPSA) is 52.6 Å². The molecule has 1 aliphatic rings. The van der Waals surface area contributed by atoms with Crippen LogP contribution in [-0.2, 0) is 20.7 Å². The van der Waals surface area contributed by atoms with Gasteiger partial charge in [-0.05, 0) is 36.5 Å². The molecule has 0 amide bonds. The quantitative estimate of drug-likeness (QED) is 0.786. The summed E-state index contributed by atoms with van der Waals surface area (Å²) in [6.07, 6.45) is 4.05. The van der Waals surface area contributed by atoms with E-state index in [0.717, 1.165) is 36.8 Å². The molecule has 0 saturated carbocycles. The van der Waals surface area contributed by atoms with Gasteiger partial charge in [-0.25, -0.2) is 0 Å². The van der Waals surface area contributed by atoms with Crippen LogP contribution in [0.15, 0.2) is 18.2 Å². The smallest absolute Gasteiger partial charge is 0.264 e. The number of fused-ring (bicyclic) bond motifs is 1. The van der Waals surface area contributed by atoms with Crippen LogP contribution in [0.2, 0.25) is 0 Å². The Bertz CT molecular complexity index is 522. The molecule has 1 atom stereocenters. The highest BCUT2D eigenvalue weighted by Gasteiger charge is 2.23. The first-order valence-corrected chi connectivity index (χ1v) is 7.83. The first kappa shape index (κ1) is 13.4. The molecule has 0 saturated heterocycles. The molecule has 2 rings (SSSR count). The molecule has 18 heavy (non-hydrogen) atoms. The molecule has 0 aliphatic heterocycles. The summed E-state index contributed by atoms with van der Waals surface area (Å²) < 4.78 is 32.4. The molecule has 5 heteroatoms. The number of rotatable bonds is 4. The van der Waals surface area contributed by atoms with Crippen LogP contribution in [0.3, 0.4) is 0 Å². The van der Waals surface area contributed by atoms with Gasteiger partial charge in [-0.3, -0.25) is 4.18 Å². The van der Waals surface area contributed by atoms with Crippen LogP contribution in [-0.4, -0.2) is 28.4 Å². The van der Waals surface area contributed by atoms with Crippen LogP contribution in [0.5, 0.6) is 5.75 Å². The third-order valence-electron chi connectivity index (χ3n) is 3.29. The lowest BCUT2D eigenvalue weighted by Gasteiger charge is -2.26. The van der Waals surface area contributed by atoms with E-state index in [4.69, 9.17) is 8.92 Å². The average molecular weight is 270 g/mol. The molecule has 0 aromatic heterocycles. The lowest BCUT2D eigenvalue weighted by molar-refractivity contribution is 0.280. The van der Waals surface area contributed by atoms with Crippen molar-refractivity contribution in [1.29, 1.82) is 0 Å².